The highest BCUT2D eigenvalue weighted by molar-refractivity contribution is 9.10. The molecule has 0 aliphatic carbocycles. The van der Waals surface area contributed by atoms with Crippen molar-refractivity contribution in [3.8, 4) is 0 Å². The number of hydrogen-bond donors (Lipinski definition) is 2. The van der Waals surface area contributed by atoms with Crippen LogP contribution in [0.1, 0.15) is 11.1 Å². The third kappa shape index (κ3) is 2.06. The summed E-state index contributed by atoms with van der Waals surface area (Å²) in [6, 6.07) is 11.7. The second-order valence-corrected chi connectivity index (χ2v) is 5.83. The maximum Gasteiger partial charge on any atom is 0.256 e. The first-order valence-corrected chi connectivity index (χ1v) is 7.26. The standard InChI is InChI=1S/C16H10BrN3O/c17-11-2-4-15-12(7-11)13(16(21)19-15)6-9-1-3-14-10(5-9)8-18-20-14/h1-8H,(H,18,20)(H,19,21)/b13-6+. The van der Waals surface area contributed by atoms with E-state index in [1.54, 1.807) is 6.20 Å². The van der Waals surface area contributed by atoms with Crippen molar-refractivity contribution in [2.24, 2.45) is 0 Å². The lowest BCUT2D eigenvalue weighted by atomic mass is 10.0. The summed E-state index contributed by atoms with van der Waals surface area (Å²) in [5.74, 6) is -0.0737. The number of nitrogens with zero attached hydrogens (tertiary/aromatic N) is 1. The number of hydrogen-bond acceptors (Lipinski definition) is 2. The predicted molar refractivity (Wildman–Crippen MR) is 86.7 cm³/mol. The molecule has 0 bridgehead atoms. The highest BCUT2D eigenvalue weighted by Crippen LogP contribution is 2.35. The molecule has 1 aliphatic heterocycles. The lowest BCUT2D eigenvalue weighted by Gasteiger charge is -2.00. The van der Waals surface area contributed by atoms with E-state index in [0.29, 0.717) is 5.57 Å². The summed E-state index contributed by atoms with van der Waals surface area (Å²) in [4.78, 5) is 12.1. The van der Waals surface area contributed by atoms with Crippen molar-refractivity contribution in [1.82, 2.24) is 10.2 Å². The van der Waals surface area contributed by atoms with Crippen LogP contribution in [-0.4, -0.2) is 16.1 Å². The van der Waals surface area contributed by atoms with Gasteiger partial charge in [0.2, 0.25) is 0 Å². The summed E-state index contributed by atoms with van der Waals surface area (Å²) in [6.07, 6.45) is 3.68. The molecule has 1 aliphatic rings. The maximum absolute atomic E-state index is 12.1. The van der Waals surface area contributed by atoms with Crippen LogP contribution < -0.4 is 5.32 Å². The summed E-state index contributed by atoms with van der Waals surface area (Å²) >= 11 is 3.45. The van der Waals surface area contributed by atoms with Gasteiger partial charge in [-0.25, -0.2) is 0 Å². The molecule has 5 heteroatoms. The molecule has 2 N–H and O–H groups in total. The first kappa shape index (κ1) is 12.3. The number of rotatable bonds is 1. The molecule has 3 aromatic rings. The van der Waals surface area contributed by atoms with Crippen molar-refractivity contribution in [3.05, 3.63) is 58.2 Å². The fraction of sp³-hybridized carbons (Fsp3) is 0. The molecule has 0 fully saturated rings. The van der Waals surface area contributed by atoms with Gasteiger partial charge >= 0.3 is 0 Å². The maximum atomic E-state index is 12.1. The molecule has 0 radical (unpaired) electrons. The van der Waals surface area contributed by atoms with Crippen LogP contribution in [0.3, 0.4) is 0 Å². The van der Waals surface area contributed by atoms with Crippen LogP contribution in [0.5, 0.6) is 0 Å². The summed E-state index contributed by atoms with van der Waals surface area (Å²) in [7, 11) is 0. The van der Waals surface area contributed by atoms with Crippen LogP contribution in [0.4, 0.5) is 5.69 Å². The van der Waals surface area contributed by atoms with Gasteiger partial charge in [-0.2, -0.15) is 5.10 Å². The number of H-pyrrole nitrogens is 1. The predicted octanol–water partition coefficient (Wildman–Crippen LogP) is 3.82. The Morgan fingerprint density at radius 3 is 2.95 bits per heavy atom. The summed E-state index contributed by atoms with van der Waals surface area (Å²) < 4.78 is 0.953. The van der Waals surface area contributed by atoms with Gasteiger partial charge in [0.25, 0.3) is 5.91 Å². The molecule has 4 nitrogen and oxygen atoms in total. The second kappa shape index (κ2) is 4.56. The third-order valence-corrected chi connectivity index (χ3v) is 4.03. The van der Waals surface area contributed by atoms with Gasteiger partial charge in [0.05, 0.1) is 11.7 Å². The van der Waals surface area contributed by atoms with Gasteiger partial charge in [0.15, 0.2) is 0 Å². The minimum Gasteiger partial charge on any atom is -0.321 e. The zero-order valence-corrected chi connectivity index (χ0v) is 12.4. The highest BCUT2D eigenvalue weighted by Gasteiger charge is 2.24. The first-order valence-electron chi connectivity index (χ1n) is 6.47. The van der Waals surface area contributed by atoms with Crippen LogP contribution in [0.15, 0.2) is 47.1 Å². The van der Waals surface area contributed by atoms with Crippen LogP contribution in [0, 0.1) is 0 Å². The molecule has 2 aromatic carbocycles. The SMILES string of the molecule is O=C1Nc2ccc(Br)cc2/C1=C\c1ccc2[nH]ncc2c1. The zero-order chi connectivity index (χ0) is 14.4. The minimum atomic E-state index is -0.0737. The van der Waals surface area contributed by atoms with E-state index in [2.05, 4.69) is 31.4 Å². The number of carbonyl (C=O) groups excluding carboxylic acids is 1. The molecule has 102 valence electrons. The van der Waals surface area contributed by atoms with Crippen molar-refractivity contribution in [3.63, 3.8) is 0 Å². The normalized spacial score (nSPS) is 15.5. The quantitative estimate of drug-likeness (QED) is 0.662. The Balaban J connectivity index is 1.85. The number of fused-ring (bicyclic) bond motifs is 2. The number of nitrogens with one attached hydrogen (secondary N) is 2. The van der Waals surface area contributed by atoms with Crippen LogP contribution >= 0.6 is 15.9 Å². The molecule has 0 saturated carbocycles. The smallest absolute Gasteiger partial charge is 0.256 e. The van der Waals surface area contributed by atoms with E-state index in [9.17, 15) is 4.79 Å². The number of benzene rings is 2. The Labute approximate surface area is 129 Å². The topological polar surface area (TPSA) is 57.8 Å². The van der Waals surface area contributed by atoms with Gasteiger partial charge in [0, 0.05) is 26.7 Å². The fourth-order valence-corrected chi connectivity index (χ4v) is 2.88. The number of amides is 1. The third-order valence-electron chi connectivity index (χ3n) is 3.54. The van der Waals surface area contributed by atoms with Gasteiger partial charge in [0.1, 0.15) is 0 Å². The Morgan fingerprint density at radius 1 is 1.14 bits per heavy atom. The monoisotopic (exact) mass is 339 g/mol. The summed E-state index contributed by atoms with van der Waals surface area (Å²) in [5.41, 5.74) is 4.40. The van der Waals surface area contributed by atoms with Crippen LogP contribution in [0.25, 0.3) is 22.6 Å². The van der Waals surface area contributed by atoms with Crippen LogP contribution in [0.2, 0.25) is 0 Å². The Bertz CT molecular complexity index is 911. The molecule has 21 heavy (non-hydrogen) atoms. The van der Waals surface area contributed by atoms with E-state index in [1.807, 2.05) is 42.5 Å². The van der Waals surface area contributed by atoms with Gasteiger partial charge in [-0.1, -0.05) is 22.0 Å². The van der Waals surface area contributed by atoms with Crippen molar-refractivity contribution < 1.29 is 4.79 Å². The number of aromatic amines is 1. The van der Waals surface area contributed by atoms with Crippen molar-refractivity contribution in [2.75, 3.05) is 5.32 Å². The molecule has 4 rings (SSSR count). The molecule has 0 atom stereocenters. The molecular formula is C16H10BrN3O. The van der Waals surface area contributed by atoms with E-state index in [4.69, 9.17) is 0 Å². The summed E-state index contributed by atoms with van der Waals surface area (Å²) in [6.45, 7) is 0. The number of halogens is 1. The average Bonchev–Trinajstić information content (AvgIpc) is 3.04. The van der Waals surface area contributed by atoms with Crippen molar-refractivity contribution in [2.45, 2.75) is 0 Å². The lowest BCUT2D eigenvalue weighted by Crippen LogP contribution is -2.03. The number of carbonyl (C=O) groups is 1. The minimum absolute atomic E-state index is 0.0737. The molecule has 1 amide bonds. The van der Waals surface area contributed by atoms with Gasteiger partial charge in [-0.3, -0.25) is 9.89 Å². The Kier molecular flexibility index (Phi) is 2.68. The van der Waals surface area contributed by atoms with E-state index in [1.165, 1.54) is 0 Å². The Morgan fingerprint density at radius 2 is 2.05 bits per heavy atom. The van der Waals surface area contributed by atoms with Crippen molar-refractivity contribution >= 4 is 50.1 Å². The Hall–Kier alpha value is -2.40. The van der Waals surface area contributed by atoms with Gasteiger partial charge in [-0.05, 0) is 42.0 Å². The fourth-order valence-electron chi connectivity index (χ4n) is 2.52. The molecular weight excluding hydrogens is 330 g/mol. The summed E-state index contributed by atoms with van der Waals surface area (Å²) in [5, 5.41) is 10.8. The van der Waals surface area contributed by atoms with E-state index >= 15 is 0 Å². The van der Waals surface area contributed by atoms with Crippen LogP contribution in [-0.2, 0) is 4.79 Å². The van der Waals surface area contributed by atoms with E-state index in [-0.39, 0.29) is 5.91 Å². The molecule has 0 saturated heterocycles. The molecule has 0 unspecified atom stereocenters. The average molecular weight is 340 g/mol. The van der Waals surface area contributed by atoms with E-state index in [0.717, 1.165) is 32.2 Å². The molecule has 0 spiro atoms. The lowest BCUT2D eigenvalue weighted by molar-refractivity contribution is -0.110. The first-order chi connectivity index (χ1) is 10.2. The highest BCUT2D eigenvalue weighted by atomic mass is 79.9. The van der Waals surface area contributed by atoms with Gasteiger partial charge in [-0.15, -0.1) is 0 Å². The number of aromatic nitrogens is 2. The zero-order valence-electron chi connectivity index (χ0n) is 10.9. The molecule has 2 heterocycles. The molecule has 1 aromatic heterocycles. The van der Waals surface area contributed by atoms with Crippen molar-refractivity contribution in [1.29, 1.82) is 0 Å². The second-order valence-electron chi connectivity index (χ2n) is 4.92. The number of anilines is 1. The van der Waals surface area contributed by atoms with E-state index < -0.39 is 0 Å². The largest absolute Gasteiger partial charge is 0.321 e. The van der Waals surface area contributed by atoms with Gasteiger partial charge < -0.3 is 5.32 Å².